The summed E-state index contributed by atoms with van der Waals surface area (Å²) in [5, 5.41) is 36.6. The Hall–Kier alpha value is -0.710. The van der Waals surface area contributed by atoms with E-state index >= 15 is 0 Å². The van der Waals surface area contributed by atoms with Crippen LogP contribution in [0.15, 0.2) is 0 Å². The lowest BCUT2D eigenvalue weighted by atomic mass is 9.97. The number of aliphatic hydroxyl groups is 3. The van der Waals surface area contributed by atoms with E-state index in [2.05, 4.69) is 0 Å². The summed E-state index contributed by atoms with van der Waals surface area (Å²) in [7, 11) is 1.31. The van der Waals surface area contributed by atoms with Crippen LogP contribution in [0.3, 0.4) is 0 Å². The van der Waals surface area contributed by atoms with Gasteiger partial charge in [0, 0.05) is 7.11 Å². The van der Waals surface area contributed by atoms with Gasteiger partial charge >= 0.3 is 0 Å². The second-order valence-electron chi connectivity index (χ2n) is 3.11. The molecule has 0 amide bonds. The van der Waals surface area contributed by atoms with Crippen LogP contribution in [0.2, 0.25) is 0 Å². The van der Waals surface area contributed by atoms with E-state index in [9.17, 15) is 15.3 Å². The Labute approximate surface area is 81.3 Å². The minimum atomic E-state index is -1.35. The Morgan fingerprint density at radius 1 is 1.29 bits per heavy atom. The van der Waals surface area contributed by atoms with Gasteiger partial charge in [-0.2, -0.15) is 5.26 Å². The first-order valence-corrected chi connectivity index (χ1v) is 4.21. The highest BCUT2D eigenvalue weighted by Crippen LogP contribution is 2.23. The molecule has 5 atom stereocenters. The van der Waals surface area contributed by atoms with Crippen molar-refractivity contribution in [3.8, 4) is 6.07 Å². The lowest BCUT2D eigenvalue weighted by Gasteiger charge is -2.38. The SMILES string of the molecule is CO[C@H]1OC(CC#N)[C@@H](O)[C@H](O)C1O. The Bertz CT molecular complexity index is 226. The maximum atomic E-state index is 9.41. The zero-order chi connectivity index (χ0) is 10.7. The van der Waals surface area contributed by atoms with Gasteiger partial charge in [-0.15, -0.1) is 0 Å². The van der Waals surface area contributed by atoms with Crippen molar-refractivity contribution in [2.75, 3.05) is 7.11 Å². The molecule has 0 aliphatic carbocycles. The molecule has 2 unspecified atom stereocenters. The van der Waals surface area contributed by atoms with E-state index in [1.54, 1.807) is 0 Å². The van der Waals surface area contributed by atoms with Crippen molar-refractivity contribution in [1.82, 2.24) is 0 Å². The number of methoxy groups -OCH3 is 1. The van der Waals surface area contributed by atoms with Crippen molar-refractivity contribution in [3.63, 3.8) is 0 Å². The second-order valence-corrected chi connectivity index (χ2v) is 3.11. The van der Waals surface area contributed by atoms with Crippen LogP contribution in [0.1, 0.15) is 6.42 Å². The average molecular weight is 203 g/mol. The molecule has 0 spiro atoms. The van der Waals surface area contributed by atoms with Gasteiger partial charge < -0.3 is 24.8 Å². The van der Waals surface area contributed by atoms with E-state index in [-0.39, 0.29) is 6.42 Å². The van der Waals surface area contributed by atoms with Crippen molar-refractivity contribution in [1.29, 1.82) is 5.26 Å². The number of aliphatic hydroxyl groups excluding tert-OH is 3. The van der Waals surface area contributed by atoms with E-state index in [0.29, 0.717) is 0 Å². The standard InChI is InChI=1S/C8H13NO5/c1-13-8-7(12)6(11)5(10)4(14-8)2-3-9/h4-8,10-12H,2H2,1H3/t4?,5-,6+,7?,8+/m1/s1. The second kappa shape index (κ2) is 4.68. The number of nitriles is 1. The molecular weight excluding hydrogens is 190 g/mol. The smallest absolute Gasteiger partial charge is 0.186 e. The molecule has 0 aromatic heterocycles. The third-order valence-corrected chi connectivity index (χ3v) is 2.19. The summed E-state index contributed by atoms with van der Waals surface area (Å²) in [6, 6.07) is 1.81. The molecule has 6 heteroatoms. The van der Waals surface area contributed by atoms with Gasteiger partial charge in [0.25, 0.3) is 0 Å². The number of ether oxygens (including phenoxy) is 2. The summed E-state index contributed by atoms with van der Waals surface area (Å²) in [4.78, 5) is 0. The molecule has 1 saturated heterocycles. The van der Waals surface area contributed by atoms with Crippen molar-refractivity contribution in [2.24, 2.45) is 0 Å². The monoisotopic (exact) mass is 203 g/mol. The normalized spacial score (nSPS) is 43.2. The summed E-state index contributed by atoms with van der Waals surface area (Å²) in [6.45, 7) is 0. The fourth-order valence-electron chi connectivity index (χ4n) is 1.37. The maximum Gasteiger partial charge on any atom is 0.186 e. The molecule has 3 N–H and O–H groups in total. The summed E-state index contributed by atoms with van der Waals surface area (Å²) in [6.07, 6.45) is -5.83. The molecule has 0 aromatic rings. The van der Waals surface area contributed by atoms with E-state index < -0.39 is 30.7 Å². The maximum absolute atomic E-state index is 9.41. The summed E-state index contributed by atoms with van der Waals surface area (Å²) >= 11 is 0. The van der Waals surface area contributed by atoms with E-state index in [0.717, 1.165) is 0 Å². The third kappa shape index (κ3) is 2.03. The van der Waals surface area contributed by atoms with Gasteiger partial charge in [-0.1, -0.05) is 0 Å². The minimum Gasteiger partial charge on any atom is -0.388 e. The fourth-order valence-corrected chi connectivity index (χ4v) is 1.37. The predicted octanol–water partition coefficient (Wildman–Crippen LogP) is -1.65. The quantitative estimate of drug-likeness (QED) is 0.497. The largest absolute Gasteiger partial charge is 0.388 e. The number of nitrogens with zero attached hydrogens (tertiary/aromatic N) is 1. The van der Waals surface area contributed by atoms with Gasteiger partial charge in [-0.05, 0) is 0 Å². The van der Waals surface area contributed by atoms with Crippen LogP contribution in [-0.4, -0.2) is 53.1 Å². The van der Waals surface area contributed by atoms with Gasteiger partial charge in [-0.3, -0.25) is 0 Å². The van der Waals surface area contributed by atoms with Crippen LogP contribution in [0.4, 0.5) is 0 Å². The highest BCUT2D eigenvalue weighted by atomic mass is 16.7. The van der Waals surface area contributed by atoms with E-state index in [1.807, 2.05) is 6.07 Å². The molecule has 0 aromatic carbocycles. The van der Waals surface area contributed by atoms with Crippen molar-refractivity contribution in [2.45, 2.75) is 37.1 Å². The van der Waals surface area contributed by atoms with Gasteiger partial charge in [0.2, 0.25) is 0 Å². The molecular formula is C8H13NO5. The molecule has 14 heavy (non-hydrogen) atoms. The van der Waals surface area contributed by atoms with Gasteiger partial charge in [0.1, 0.15) is 24.4 Å². The zero-order valence-corrected chi connectivity index (χ0v) is 7.70. The molecule has 1 fully saturated rings. The molecule has 1 aliphatic rings. The van der Waals surface area contributed by atoms with E-state index in [4.69, 9.17) is 14.7 Å². The first-order chi connectivity index (χ1) is 6.61. The van der Waals surface area contributed by atoms with Crippen LogP contribution in [0.25, 0.3) is 0 Å². The Kier molecular flexibility index (Phi) is 3.80. The first-order valence-electron chi connectivity index (χ1n) is 4.21. The Morgan fingerprint density at radius 3 is 2.43 bits per heavy atom. The summed E-state index contributed by atoms with van der Waals surface area (Å²) in [5.41, 5.74) is 0. The van der Waals surface area contributed by atoms with Crippen LogP contribution in [-0.2, 0) is 9.47 Å². The van der Waals surface area contributed by atoms with Crippen molar-refractivity contribution in [3.05, 3.63) is 0 Å². The van der Waals surface area contributed by atoms with Crippen molar-refractivity contribution >= 4 is 0 Å². The summed E-state index contributed by atoms with van der Waals surface area (Å²) in [5.74, 6) is 0. The highest BCUT2D eigenvalue weighted by Gasteiger charge is 2.43. The average Bonchev–Trinajstić information content (AvgIpc) is 2.19. The molecule has 0 radical (unpaired) electrons. The Balaban J connectivity index is 2.69. The number of hydrogen-bond acceptors (Lipinski definition) is 6. The molecule has 6 nitrogen and oxygen atoms in total. The first kappa shape index (κ1) is 11.4. The van der Waals surface area contributed by atoms with Gasteiger partial charge in [0.05, 0.1) is 12.5 Å². The van der Waals surface area contributed by atoms with E-state index in [1.165, 1.54) is 7.11 Å². The van der Waals surface area contributed by atoms with Crippen LogP contribution < -0.4 is 0 Å². The fraction of sp³-hybridized carbons (Fsp3) is 0.875. The number of hydrogen-bond donors (Lipinski definition) is 3. The molecule has 1 heterocycles. The van der Waals surface area contributed by atoms with Crippen LogP contribution >= 0.6 is 0 Å². The molecule has 0 saturated carbocycles. The zero-order valence-electron chi connectivity index (χ0n) is 7.70. The van der Waals surface area contributed by atoms with Gasteiger partial charge in [-0.25, -0.2) is 0 Å². The van der Waals surface area contributed by atoms with Crippen LogP contribution in [0, 0.1) is 11.3 Å². The molecule has 1 rings (SSSR count). The lowest BCUT2D eigenvalue weighted by Crippen LogP contribution is -2.57. The summed E-state index contributed by atoms with van der Waals surface area (Å²) < 4.78 is 9.81. The molecule has 1 aliphatic heterocycles. The van der Waals surface area contributed by atoms with Crippen LogP contribution in [0.5, 0.6) is 0 Å². The minimum absolute atomic E-state index is 0.0647. The molecule has 0 bridgehead atoms. The molecule has 80 valence electrons. The Morgan fingerprint density at radius 2 is 1.93 bits per heavy atom. The predicted molar refractivity (Wildman–Crippen MR) is 43.9 cm³/mol. The lowest BCUT2D eigenvalue weighted by molar-refractivity contribution is -0.288. The highest BCUT2D eigenvalue weighted by molar-refractivity contribution is 4.92. The van der Waals surface area contributed by atoms with Crippen molar-refractivity contribution < 1.29 is 24.8 Å². The topological polar surface area (TPSA) is 103 Å². The third-order valence-electron chi connectivity index (χ3n) is 2.19. The number of rotatable bonds is 2. The van der Waals surface area contributed by atoms with Gasteiger partial charge in [0.15, 0.2) is 6.29 Å².